The normalized spacial score (nSPS) is 11.6. The number of carbonyl (C=O) groups excluding carboxylic acids is 2. The fourth-order valence-corrected chi connectivity index (χ4v) is 2.77. The van der Waals surface area contributed by atoms with Crippen molar-refractivity contribution in [3.05, 3.63) is 76.4 Å². The molecule has 0 aliphatic rings. The van der Waals surface area contributed by atoms with Crippen LogP contribution in [-0.4, -0.2) is 29.1 Å². The lowest BCUT2D eigenvalue weighted by Gasteiger charge is -2.17. The molecule has 3 N–H and O–H groups in total. The van der Waals surface area contributed by atoms with Crippen molar-refractivity contribution in [2.45, 2.75) is 6.04 Å². The first-order valence-corrected chi connectivity index (χ1v) is 8.76. The Hall–Kier alpha value is -2.93. The van der Waals surface area contributed by atoms with Gasteiger partial charge in [-0.15, -0.1) is 0 Å². The van der Waals surface area contributed by atoms with E-state index in [0.29, 0.717) is 11.3 Å². The van der Waals surface area contributed by atoms with E-state index >= 15 is 0 Å². The maximum Gasteiger partial charge on any atom is 0.270 e. The summed E-state index contributed by atoms with van der Waals surface area (Å²) >= 11 is 3.39. The predicted molar refractivity (Wildman–Crippen MR) is 102 cm³/mol. The maximum atomic E-state index is 12.6. The van der Waals surface area contributed by atoms with Crippen LogP contribution in [0.3, 0.4) is 0 Å². The Bertz CT molecular complexity index is 907. The Balaban J connectivity index is 1.80. The van der Waals surface area contributed by atoms with Gasteiger partial charge in [0.2, 0.25) is 5.91 Å². The van der Waals surface area contributed by atoms with E-state index < -0.39 is 11.9 Å². The summed E-state index contributed by atoms with van der Waals surface area (Å²) in [6.07, 6.45) is 0. The third kappa shape index (κ3) is 4.00. The fourth-order valence-electron chi connectivity index (χ4n) is 2.51. The van der Waals surface area contributed by atoms with Crippen molar-refractivity contribution in [1.82, 2.24) is 20.8 Å². The number of benzene rings is 2. The lowest BCUT2D eigenvalue weighted by Crippen LogP contribution is -2.39. The Kier molecular flexibility index (Phi) is 5.48. The summed E-state index contributed by atoms with van der Waals surface area (Å²) in [6, 6.07) is 17.6. The SMILES string of the molecule is CNC(=O)[C@H](NC(=O)c1cc(-c2ccc(Br)cc2)n[nH]1)c1ccccc1. The van der Waals surface area contributed by atoms with Crippen LogP contribution in [0.1, 0.15) is 22.1 Å². The van der Waals surface area contributed by atoms with E-state index in [4.69, 9.17) is 0 Å². The van der Waals surface area contributed by atoms with Crippen LogP contribution in [0, 0.1) is 0 Å². The molecule has 0 fully saturated rings. The number of aromatic amines is 1. The van der Waals surface area contributed by atoms with Gasteiger partial charge in [0.15, 0.2) is 0 Å². The molecular weight excluding hydrogens is 396 g/mol. The molecule has 2 aromatic carbocycles. The van der Waals surface area contributed by atoms with Crippen molar-refractivity contribution >= 4 is 27.7 Å². The molecule has 3 rings (SSSR count). The van der Waals surface area contributed by atoms with Crippen molar-refractivity contribution in [3.63, 3.8) is 0 Å². The molecule has 0 saturated heterocycles. The number of hydrogen-bond donors (Lipinski definition) is 3. The third-order valence-corrected chi connectivity index (χ3v) is 4.41. The molecule has 0 spiro atoms. The molecule has 0 radical (unpaired) electrons. The molecule has 26 heavy (non-hydrogen) atoms. The van der Waals surface area contributed by atoms with Gasteiger partial charge in [-0.05, 0) is 23.8 Å². The first-order chi connectivity index (χ1) is 12.6. The lowest BCUT2D eigenvalue weighted by atomic mass is 10.1. The molecule has 0 unspecified atom stereocenters. The first-order valence-electron chi connectivity index (χ1n) is 7.97. The molecule has 6 nitrogen and oxygen atoms in total. The largest absolute Gasteiger partial charge is 0.357 e. The van der Waals surface area contributed by atoms with E-state index in [1.54, 1.807) is 18.2 Å². The number of likely N-dealkylation sites (N-methyl/N-ethyl adjacent to an activating group) is 1. The predicted octanol–water partition coefficient (Wildman–Crippen LogP) is 3.06. The second kappa shape index (κ2) is 7.97. The number of nitrogens with one attached hydrogen (secondary N) is 3. The Morgan fingerprint density at radius 2 is 1.77 bits per heavy atom. The second-order valence-electron chi connectivity index (χ2n) is 5.61. The zero-order valence-corrected chi connectivity index (χ0v) is 15.6. The van der Waals surface area contributed by atoms with Gasteiger partial charge in [-0.3, -0.25) is 14.7 Å². The summed E-state index contributed by atoms with van der Waals surface area (Å²) in [5.74, 6) is -0.699. The fraction of sp³-hybridized carbons (Fsp3) is 0.105. The van der Waals surface area contributed by atoms with Crippen molar-refractivity contribution in [2.24, 2.45) is 0 Å². The highest BCUT2D eigenvalue weighted by molar-refractivity contribution is 9.10. The number of aromatic nitrogens is 2. The Morgan fingerprint density at radius 1 is 1.08 bits per heavy atom. The van der Waals surface area contributed by atoms with Crippen molar-refractivity contribution in [2.75, 3.05) is 7.05 Å². The molecule has 1 aromatic heterocycles. The number of carbonyl (C=O) groups is 2. The van der Waals surface area contributed by atoms with Gasteiger partial charge in [-0.1, -0.05) is 58.4 Å². The van der Waals surface area contributed by atoms with Crippen LogP contribution in [0.25, 0.3) is 11.3 Å². The highest BCUT2D eigenvalue weighted by Crippen LogP contribution is 2.21. The van der Waals surface area contributed by atoms with Crippen LogP contribution >= 0.6 is 15.9 Å². The van der Waals surface area contributed by atoms with Gasteiger partial charge in [0.25, 0.3) is 5.91 Å². The average molecular weight is 413 g/mol. The van der Waals surface area contributed by atoms with E-state index in [1.165, 1.54) is 7.05 Å². The number of hydrogen-bond acceptors (Lipinski definition) is 3. The van der Waals surface area contributed by atoms with Gasteiger partial charge in [-0.2, -0.15) is 5.10 Å². The minimum Gasteiger partial charge on any atom is -0.357 e. The minimum atomic E-state index is -0.784. The summed E-state index contributed by atoms with van der Waals surface area (Å²) in [6.45, 7) is 0. The first kappa shape index (κ1) is 17.9. The van der Waals surface area contributed by atoms with Gasteiger partial charge in [0.05, 0.1) is 5.69 Å². The molecule has 1 atom stereocenters. The van der Waals surface area contributed by atoms with Gasteiger partial charge >= 0.3 is 0 Å². The van der Waals surface area contributed by atoms with Crippen LogP contribution < -0.4 is 10.6 Å². The van der Waals surface area contributed by atoms with E-state index in [-0.39, 0.29) is 11.6 Å². The van der Waals surface area contributed by atoms with Crippen LogP contribution in [0.15, 0.2) is 65.1 Å². The summed E-state index contributed by atoms with van der Waals surface area (Å²) < 4.78 is 0.964. The molecule has 132 valence electrons. The number of nitrogens with zero attached hydrogens (tertiary/aromatic N) is 1. The van der Waals surface area contributed by atoms with Crippen LogP contribution in [0.4, 0.5) is 0 Å². The quantitative estimate of drug-likeness (QED) is 0.601. The van der Waals surface area contributed by atoms with Gasteiger partial charge in [-0.25, -0.2) is 0 Å². The number of amides is 2. The molecule has 0 aliphatic carbocycles. The third-order valence-electron chi connectivity index (χ3n) is 3.88. The monoisotopic (exact) mass is 412 g/mol. The molecule has 0 saturated carbocycles. The van der Waals surface area contributed by atoms with Crippen LogP contribution in [0.2, 0.25) is 0 Å². The summed E-state index contributed by atoms with van der Waals surface area (Å²) in [5, 5.41) is 12.2. The number of H-pyrrole nitrogens is 1. The molecule has 7 heteroatoms. The average Bonchev–Trinajstić information content (AvgIpc) is 3.17. The molecule has 1 heterocycles. The number of halogens is 1. The standard InChI is InChI=1S/C19H17BrN4O2/c1-21-19(26)17(13-5-3-2-4-6-13)22-18(25)16-11-15(23-24-16)12-7-9-14(20)10-8-12/h2-11,17H,1H3,(H,21,26)(H,22,25)(H,23,24)/t17-/m1/s1. The molecule has 0 bridgehead atoms. The van der Waals surface area contributed by atoms with E-state index in [0.717, 1.165) is 10.0 Å². The number of rotatable bonds is 5. The second-order valence-corrected chi connectivity index (χ2v) is 6.52. The minimum absolute atomic E-state index is 0.285. The highest BCUT2D eigenvalue weighted by Gasteiger charge is 2.23. The Morgan fingerprint density at radius 3 is 2.42 bits per heavy atom. The maximum absolute atomic E-state index is 12.6. The summed E-state index contributed by atoms with van der Waals surface area (Å²) in [4.78, 5) is 24.8. The van der Waals surface area contributed by atoms with Crippen LogP contribution in [-0.2, 0) is 4.79 Å². The zero-order chi connectivity index (χ0) is 18.5. The lowest BCUT2D eigenvalue weighted by molar-refractivity contribution is -0.122. The smallest absolute Gasteiger partial charge is 0.270 e. The molecular formula is C19H17BrN4O2. The van der Waals surface area contributed by atoms with Crippen LogP contribution in [0.5, 0.6) is 0 Å². The zero-order valence-electron chi connectivity index (χ0n) is 14.0. The van der Waals surface area contributed by atoms with Gasteiger partial charge in [0.1, 0.15) is 11.7 Å². The highest BCUT2D eigenvalue weighted by atomic mass is 79.9. The summed E-state index contributed by atoms with van der Waals surface area (Å²) in [5.41, 5.74) is 2.52. The van der Waals surface area contributed by atoms with Gasteiger partial charge in [0, 0.05) is 17.1 Å². The van der Waals surface area contributed by atoms with Crippen molar-refractivity contribution in [1.29, 1.82) is 0 Å². The topological polar surface area (TPSA) is 86.9 Å². The van der Waals surface area contributed by atoms with E-state index in [1.807, 2.05) is 42.5 Å². The van der Waals surface area contributed by atoms with Gasteiger partial charge < -0.3 is 10.6 Å². The summed E-state index contributed by atoms with van der Waals surface area (Å²) in [7, 11) is 1.53. The van der Waals surface area contributed by atoms with E-state index in [9.17, 15) is 9.59 Å². The van der Waals surface area contributed by atoms with Crippen molar-refractivity contribution < 1.29 is 9.59 Å². The van der Waals surface area contributed by atoms with Crippen molar-refractivity contribution in [3.8, 4) is 11.3 Å². The molecule has 3 aromatic rings. The Labute approximate surface area is 159 Å². The molecule has 2 amide bonds. The molecule has 0 aliphatic heterocycles. The van der Waals surface area contributed by atoms with E-state index in [2.05, 4.69) is 36.8 Å².